The molecule has 0 saturated heterocycles. The Balaban J connectivity index is 1.81. The largest absolute Gasteiger partial charge is 0.432 e. The first-order chi connectivity index (χ1) is 12.3. The molecule has 0 amide bonds. The second-order valence-electron chi connectivity index (χ2n) is 5.99. The summed E-state index contributed by atoms with van der Waals surface area (Å²) in [7, 11) is 0. The van der Waals surface area contributed by atoms with Gasteiger partial charge in [0.1, 0.15) is 12.0 Å². The number of hydrogen-bond donors (Lipinski definition) is 0. The van der Waals surface area contributed by atoms with Crippen molar-refractivity contribution in [1.29, 1.82) is 0 Å². The average Bonchev–Trinajstić information content (AvgIpc) is 3.22. The lowest BCUT2D eigenvalue weighted by Gasteiger charge is -2.06. The number of aryl methyl sites for hydroxylation is 1. The smallest absolute Gasteiger partial charge is 0.306 e. The van der Waals surface area contributed by atoms with Gasteiger partial charge in [-0.3, -0.25) is 14.4 Å². The summed E-state index contributed by atoms with van der Waals surface area (Å²) in [5.41, 5.74) is 6.89. The van der Waals surface area contributed by atoms with Crippen molar-refractivity contribution in [3.05, 3.63) is 72.9 Å². The summed E-state index contributed by atoms with van der Waals surface area (Å²) in [6.07, 6.45) is 6.94. The van der Waals surface area contributed by atoms with Crippen LogP contribution < -0.4 is 0 Å². The van der Waals surface area contributed by atoms with E-state index < -0.39 is 0 Å². The molecule has 0 fully saturated rings. The second-order valence-corrected chi connectivity index (χ2v) is 5.99. The highest BCUT2D eigenvalue weighted by Crippen LogP contribution is 2.34. The van der Waals surface area contributed by atoms with Crippen molar-refractivity contribution in [3.63, 3.8) is 0 Å². The van der Waals surface area contributed by atoms with Crippen molar-refractivity contribution in [2.75, 3.05) is 0 Å². The van der Waals surface area contributed by atoms with Gasteiger partial charge in [-0.05, 0) is 25.1 Å². The Morgan fingerprint density at radius 2 is 1.80 bits per heavy atom. The first-order valence-electron chi connectivity index (χ1n) is 8.03. The molecule has 0 saturated carbocycles. The number of benzene rings is 2. The van der Waals surface area contributed by atoms with E-state index in [9.17, 15) is 0 Å². The zero-order valence-electron chi connectivity index (χ0n) is 13.5. The minimum atomic E-state index is 0.575. The SMILES string of the molecule is Cc1cccc(-c2nc3occn3c2-c2ccc3nccnc3c2)c1. The Morgan fingerprint density at radius 1 is 0.920 bits per heavy atom. The number of hydrogen-bond acceptors (Lipinski definition) is 4. The van der Waals surface area contributed by atoms with Crippen molar-refractivity contribution in [1.82, 2.24) is 19.4 Å². The first-order valence-corrected chi connectivity index (χ1v) is 8.03. The van der Waals surface area contributed by atoms with Crippen LogP contribution in [0.25, 0.3) is 39.4 Å². The molecule has 0 atom stereocenters. The highest BCUT2D eigenvalue weighted by Gasteiger charge is 2.18. The van der Waals surface area contributed by atoms with E-state index in [0.29, 0.717) is 5.84 Å². The summed E-state index contributed by atoms with van der Waals surface area (Å²) in [6.45, 7) is 2.08. The minimum absolute atomic E-state index is 0.575. The first kappa shape index (κ1) is 13.9. The molecule has 0 aliphatic carbocycles. The average molecular weight is 326 g/mol. The third-order valence-electron chi connectivity index (χ3n) is 4.30. The Hall–Kier alpha value is -3.47. The van der Waals surface area contributed by atoms with E-state index in [2.05, 4.69) is 35.1 Å². The molecule has 0 aliphatic heterocycles. The van der Waals surface area contributed by atoms with E-state index in [-0.39, 0.29) is 0 Å². The Morgan fingerprint density at radius 3 is 2.68 bits per heavy atom. The molecule has 5 rings (SSSR count). The normalized spacial score (nSPS) is 11.4. The molecule has 5 heteroatoms. The highest BCUT2D eigenvalue weighted by atomic mass is 16.3. The van der Waals surface area contributed by atoms with E-state index >= 15 is 0 Å². The van der Waals surface area contributed by atoms with E-state index in [4.69, 9.17) is 9.40 Å². The number of aromatic nitrogens is 4. The summed E-state index contributed by atoms with van der Waals surface area (Å²) in [5.74, 6) is 0.575. The molecule has 0 bridgehead atoms. The molecule has 5 nitrogen and oxygen atoms in total. The van der Waals surface area contributed by atoms with E-state index in [1.54, 1.807) is 18.7 Å². The van der Waals surface area contributed by atoms with Gasteiger partial charge in [0.05, 0.1) is 16.7 Å². The number of imidazole rings is 1. The predicted molar refractivity (Wildman–Crippen MR) is 96.2 cm³/mol. The van der Waals surface area contributed by atoms with Gasteiger partial charge < -0.3 is 4.42 Å². The monoisotopic (exact) mass is 326 g/mol. The summed E-state index contributed by atoms with van der Waals surface area (Å²) >= 11 is 0. The maximum absolute atomic E-state index is 5.52. The minimum Gasteiger partial charge on any atom is -0.432 e. The van der Waals surface area contributed by atoms with Crippen LogP contribution in [-0.2, 0) is 0 Å². The molecule has 5 aromatic rings. The van der Waals surface area contributed by atoms with Gasteiger partial charge in [-0.25, -0.2) is 0 Å². The van der Waals surface area contributed by atoms with Crippen LogP contribution in [0.4, 0.5) is 0 Å². The molecule has 0 spiro atoms. The predicted octanol–water partition coefficient (Wildman–Crippen LogP) is 4.51. The lowest BCUT2D eigenvalue weighted by molar-refractivity contribution is 0.596. The van der Waals surface area contributed by atoms with Crippen molar-refractivity contribution in [2.45, 2.75) is 6.92 Å². The fraction of sp³-hybridized carbons (Fsp3) is 0.0500. The summed E-state index contributed by atoms with van der Waals surface area (Å²) in [4.78, 5) is 13.5. The summed E-state index contributed by atoms with van der Waals surface area (Å²) in [6, 6.07) is 14.4. The van der Waals surface area contributed by atoms with Crippen LogP contribution in [-0.4, -0.2) is 19.4 Å². The maximum atomic E-state index is 5.52. The molecular formula is C20H14N4O. The molecule has 0 aliphatic rings. The molecule has 120 valence electrons. The number of fused-ring (bicyclic) bond motifs is 2. The third-order valence-corrected chi connectivity index (χ3v) is 4.30. The number of rotatable bonds is 2. The van der Waals surface area contributed by atoms with Crippen LogP contribution in [0.1, 0.15) is 5.56 Å². The lowest BCUT2D eigenvalue weighted by atomic mass is 10.0. The fourth-order valence-electron chi connectivity index (χ4n) is 3.17. The van der Waals surface area contributed by atoms with Crippen molar-refractivity contribution in [2.24, 2.45) is 0 Å². The van der Waals surface area contributed by atoms with Gasteiger partial charge in [-0.15, -0.1) is 0 Å². The van der Waals surface area contributed by atoms with Gasteiger partial charge in [0.2, 0.25) is 0 Å². The highest BCUT2D eigenvalue weighted by molar-refractivity contribution is 5.86. The molecule has 3 aromatic heterocycles. The molecule has 0 unspecified atom stereocenters. The van der Waals surface area contributed by atoms with E-state index in [1.165, 1.54) is 5.56 Å². The number of oxazole rings is 1. The molecular weight excluding hydrogens is 312 g/mol. The Bertz CT molecular complexity index is 1220. The summed E-state index contributed by atoms with van der Waals surface area (Å²) < 4.78 is 7.49. The summed E-state index contributed by atoms with van der Waals surface area (Å²) in [5, 5.41) is 0. The van der Waals surface area contributed by atoms with Crippen LogP contribution in [0.2, 0.25) is 0 Å². The van der Waals surface area contributed by atoms with Gasteiger partial charge >= 0.3 is 5.84 Å². The molecule has 2 aromatic carbocycles. The maximum Gasteiger partial charge on any atom is 0.306 e. The zero-order chi connectivity index (χ0) is 16.8. The van der Waals surface area contributed by atoms with Crippen LogP contribution in [0.3, 0.4) is 0 Å². The van der Waals surface area contributed by atoms with Gasteiger partial charge in [-0.1, -0.05) is 29.8 Å². The second kappa shape index (κ2) is 5.27. The topological polar surface area (TPSA) is 56.2 Å². The van der Waals surface area contributed by atoms with Gasteiger partial charge in [0.25, 0.3) is 0 Å². The van der Waals surface area contributed by atoms with Crippen LogP contribution in [0, 0.1) is 6.92 Å². The van der Waals surface area contributed by atoms with Crippen LogP contribution in [0.5, 0.6) is 0 Å². The van der Waals surface area contributed by atoms with E-state index in [0.717, 1.165) is 33.5 Å². The lowest BCUT2D eigenvalue weighted by Crippen LogP contribution is -1.90. The third kappa shape index (κ3) is 2.21. The fourth-order valence-corrected chi connectivity index (χ4v) is 3.17. The standard InChI is InChI=1S/C20H14N4O/c1-13-3-2-4-14(11-13)18-19(24-9-10-25-20(24)23-18)15-5-6-16-17(12-15)22-8-7-21-16/h2-12H,1H3. The molecule has 0 radical (unpaired) electrons. The molecule has 3 heterocycles. The Kier molecular flexibility index (Phi) is 2.94. The quantitative estimate of drug-likeness (QED) is 0.479. The van der Waals surface area contributed by atoms with E-state index in [1.807, 2.05) is 34.9 Å². The van der Waals surface area contributed by atoms with Crippen LogP contribution in [0.15, 0.2) is 71.7 Å². The number of nitrogens with zero attached hydrogens (tertiary/aromatic N) is 4. The van der Waals surface area contributed by atoms with Crippen molar-refractivity contribution >= 4 is 16.9 Å². The van der Waals surface area contributed by atoms with Crippen LogP contribution >= 0.6 is 0 Å². The van der Waals surface area contributed by atoms with Gasteiger partial charge in [0.15, 0.2) is 0 Å². The van der Waals surface area contributed by atoms with Crippen molar-refractivity contribution < 1.29 is 4.42 Å². The van der Waals surface area contributed by atoms with Crippen molar-refractivity contribution in [3.8, 4) is 22.5 Å². The Labute approximate surface area is 143 Å². The zero-order valence-corrected chi connectivity index (χ0v) is 13.5. The van der Waals surface area contributed by atoms with Gasteiger partial charge in [-0.2, -0.15) is 4.98 Å². The molecule has 25 heavy (non-hydrogen) atoms. The molecule has 0 N–H and O–H groups in total. The van der Waals surface area contributed by atoms with Gasteiger partial charge in [0, 0.05) is 29.7 Å².